The van der Waals surface area contributed by atoms with E-state index in [1.54, 1.807) is 6.92 Å². The summed E-state index contributed by atoms with van der Waals surface area (Å²) >= 11 is 0. The van der Waals surface area contributed by atoms with E-state index in [0.29, 0.717) is 26.0 Å². The summed E-state index contributed by atoms with van der Waals surface area (Å²) in [5.74, 6) is -0.792. The van der Waals surface area contributed by atoms with Crippen LogP contribution in [0.4, 0.5) is 0 Å². The van der Waals surface area contributed by atoms with Crippen LogP contribution in [-0.4, -0.2) is 37.1 Å². The Morgan fingerprint density at radius 3 is 2.36 bits per heavy atom. The summed E-state index contributed by atoms with van der Waals surface area (Å²) in [7, 11) is 0. The number of carbonyl (C=O) groups is 3. The zero-order chi connectivity index (χ0) is 16.8. The number of carbonyl (C=O) groups excluding carboxylic acids is 3. The van der Waals surface area contributed by atoms with E-state index in [2.05, 4.69) is 12.2 Å². The Labute approximate surface area is 132 Å². The molecule has 0 aromatic carbocycles. The third-order valence-electron chi connectivity index (χ3n) is 3.06. The van der Waals surface area contributed by atoms with Crippen molar-refractivity contribution in [2.24, 2.45) is 0 Å². The van der Waals surface area contributed by atoms with Crippen molar-refractivity contribution in [1.29, 1.82) is 0 Å². The molecule has 22 heavy (non-hydrogen) atoms. The van der Waals surface area contributed by atoms with Gasteiger partial charge in [0.15, 0.2) is 0 Å². The third-order valence-corrected chi connectivity index (χ3v) is 3.06. The van der Waals surface area contributed by atoms with E-state index in [1.165, 1.54) is 6.92 Å². The number of rotatable bonds is 12. The Kier molecular flexibility index (Phi) is 12.2. The molecule has 0 bridgehead atoms. The minimum Gasteiger partial charge on any atom is -0.466 e. The van der Waals surface area contributed by atoms with E-state index in [9.17, 15) is 14.4 Å². The molecule has 0 aliphatic rings. The molecule has 0 aliphatic carbocycles. The quantitative estimate of drug-likeness (QED) is 0.441. The fourth-order valence-electron chi connectivity index (χ4n) is 1.97. The monoisotopic (exact) mass is 315 g/mol. The van der Waals surface area contributed by atoms with E-state index < -0.39 is 6.10 Å². The largest absolute Gasteiger partial charge is 0.466 e. The summed E-state index contributed by atoms with van der Waals surface area (Å²) < 4.78 is 10.3. The summed E-state index contributed by atoms with van der Waals surface area (Å²) in [6, 6.07) is 0. The number of esters is 2. The number of ether oxygens (including phenoxy) is 2. The molecule has 0 saturated carbocycles. The van der Waals surface area contributed by atoms with Crippen LogP contribution in [0.15, 0.2) is 0 Å². The number of amides is 1. The second-order valence-corrected chi connectivity index (χ2v) is 5.20. The van der Waals surface area contributed by atoms with Gasteiger partial charge in [-0.3, -0.25) is 14.4 Å². The molecule has 0 aromatic rings. The Morgan fingerprint density at radius 2 is 1.77 bits per heavy atom. The predicted molar refractivity (Wildman–Crippen MR) is 83.2 cm³/mol. The maximum absolute atomic E-state index is 11.8. The van der Waals surface area contributed by atoms with Crippen LogP contribution in [0.5, 0.6) is 0 Å². The van der Waals surface area contributed by atoms with Gasteiger partial charge in [0.2, 0.25) is 5.91 Å². The highest BCUT2D eigenvalue weighted by molar-refractivity contribution is 5.73. The summed E-state index contributed by atoms with van der Waals surface area (Å²) in [5.41, 5.74) is 0. The van der Waals surface area contributed by atoms with E-state index in [1.807, 2.05) is 0 Å². The van der Waals surface area contributed by atoms with Gasteiger partial charge in [0.05, 0.1) is 13.0 Å². The summed E-state index contributed by atoms with van der Waals surface area (Å²) in [5, 5.41) is 2.62. The van der Waals surface area contributed by atoms with Crippen LogP contribution in [-0.2, 0) is 23.9 Å². The Morgan fingerprint density at radius 1 is 1.05 bits per heavy atom. The first kappa shape index (κ1) is 20.4. The average Bonchev–Trinajstić information content (AvgIpc) is 2.43. The Balaban J connectivity index is 4.14. The fraction of sp³-hybridized carbons (Fsp3) is 0.812. The van der Waals surface area contributed by atoms with Crippen molar-refractivity contribution in [2.75, 3.05) is 13.2 Å². The molecular formula is C16H29NO5. The molecule has 1 atom stereocenters. The lowest BCUT2D eigenvalue weighted by molar-refractivity contribution is -0.155. The van der Waals surface area contributed by atoms with Gasteiger partial charge in [-0.25, -0.2) is 0 Å². The molecule has 1 amide bonds. The SMILES string of the molecule is CCCCC[C@H](CC(=O)OCC)OC(=O)CCCNC(C)=O. The molecule has 0 unspecified atom stereocenters. The van der Waals surface area contributed by atoms with Crippen molar-refractivity contribution in [3.05, 3.63) is 0 Å². The maximum Gasteiger partial charge on any atom is 0.309 e. The van der Waals surface area contributed by atoms with Crippen LogP contribution in [0, 0.1) is 0 Å². The Hall–Kier alpha value is -1.59. The summed E-state index contributed by atoms with van der Waals surface area (Å²) in [6.45, 7) is 6.04. The molecule has 6 heteroatoms. The van der Waals surface area contributed by atoms with E-state index >= 15 is 0 Å². The van der Waals surface area contributed by atoms with Crippen LogP contribution < -0.4 is 5.32 Å². The van der Waals surface area contributed by atoms with Gasteiger partial charge < -0.3 is 14.8 Å². The normalized spacial score (nSPS) is 11.6. The molecule has 0 heterocycles. The van der Waals surface area contributed by atoms with Crippen LogP contribution in [0.1, 0.15) is 65.7 Å². The highest BCUT2D eigenvalue weighted by Gasteiger charge is 2.18. The smallest absolute Gasteiger partial charge is 0.309 e. The van der Waals surface area contributed by atoms with E-state index in [4.69, 9.17) is 9.47 Å². The van der Waals surface area contributed by atoms with Crippen molar-refractivity contribution < 1.29 is 23.9 Å². The zero-order valence-electron chi connectivity index (χ0n) is 14.0. The highest BCUT2D eigenvalue weighted by Crippen LogP contribution is 2.12. The van der Waals surface area contributed by atoms with Gasteiger partial charge in [-0.05, 0) is 26.2 Å². The van der Waals surface area contributed by atoms with E-state index in [-0.39, 0.29) is 30.7 Å². The summed E-state index contributed by atoms with van der Waals surface area (Å²) in [6.07, 6.45) is 4.14. The number of nitrogens with one attached hydrogen (secondary N) is 1. The van der Waals surface area contributed by atoms with Gasteiger partial charge in [-0.2, -0.15) is 0 Å². The highest BCUT2D eigenvalue weighted by atomic mass is 16.6. The second kappa shape index (κ2) is 13.1. The van der Waals surface area contributed by atoms with Gasteiger partial charge in [-0.15, -0.1) is 0 Å². The lowest BCUT2D eigenvalue weighted by Crippen LogP contribution is -2.25. The van der Waals surface area contributed by atoms with Gasteiger partial charge in [0.1, 0.15) is 6.10 Å². The van der Waals surface area contributed by atoms with Gasteiger partial charge in [-0.1, -0.05) is 19.8 Å². The van der Waals surface area contributed by atoms with Crippen molar-refractivity contribution in [2.45, 2.75) is 71.8 Å². The van der Waals surface area contributed by atoms with Crippen LogP contribution >= 0.6 is 0 Å². The number of hydrogen-bond donors (Lipinski definition) is 1. The van der Waals surface area contributed by atoms with E-state index in [0.717, 1.165) is 19.3 Å². The van der Waals surface area contributed by atoms with Gasteiger partial charge >= 0.3 is 11.9 Å². The number of unbranched alkanes of at least 4 members (excludes halogenated alkanes) is 2. The number of hydrogen-bond acceptors (Lipinski definition) is 5. The molecule has 0 rings (SSSR count). The van der Waals surface area contributed by atoms with Gasteiger partial charge in [0.25, 0.3) is 0 Å². The minimum atomic E-state index is -0.418. The molecule has 1 N–H and O–H groups in total. The topological polar surface area (TPSA) is 81.7 Å². The first-order valence-corrected chi connectivity index (χ1v) is 8.09. The zero-order valence-corrected chi connectivity index (χ0v) is 14.0. The molecule has 0 fully saturated rings. The third kappa shape index (κ3) is 12.2. The molecule has 0 aromatic heterocycles. The second-order valence-electron chi connectivity index (χ2n) is 5.20. The van der Waals surface area contributed by atoms with Gasteiger partial charge in [0, 0.05) is 19.9 Å². The van der Waals surface area contributed by atoms with Crippen LogP contribution in [0.25, 0.3) is 0 Å². The van der Waals surface area contributed by atoms with Crippen molar-refractivity contribution in [3.63, 3.8) is 0 Å². The lowest BCUT2D eigenvalue weighted by Gasteiger charge is -2.17. The first-order valence-electron chi connectivity index (χ1n) is 8.09. The van der Waals surface area contributed by atoms with Crippen molar-refractivity contribution >= 4 is 17.8 Å². The average molecular weight is 315 g/mol. The molecule has 6 nitrogen and oxygen atoms in total. The molecule has 0 radical (unpaired) electrons. The standard InChI is InChI=1S/C16H29NO5/c1-4-6-7-9-14(12-16(20)21-5-2)22-15(19)10-8-11-17-13(3)18/h14H,4-12H2,1-3H3,(H,17,18)/t14-/m1/s1. The Bertz CT molecular complexity index is 343. The minimum absolute atomic E-state index is 0.106. The molecule has 0 saturated heterocycles. The molecular weight excluding hydrogens is 286 g/mol. The lowest BCUT2D eigenvalue weighted by atomic mass is 10.1. The van der Waals surface area contributed by atoms with Crippen molar-refractivity contribution in [3.8, 4) is 0 Å². The predicted octanol–water partition coefficient (Wildman–Crippen LogP) is 2.35. The maximum atomic E-state index is 11.8. The van der Waals surface area contributed by atoms with Crippen molar-refractivity contribution in [1.82, 2.24) is 5.32 Å². The molecule has 0 spiro atoms. The fourth-order valence-corrected chi connectivity index (χ4v) is 1.97. The summed E-state index contributed by atoms with van der Waals surface area (Å²) in [4.78, 5) is 34.0. The van der Waals surface area contributed by atoms with Crippen LogP contribution in [0.2, 0.25) is 0 Å². The first-order chi connectivity index (χ1) is 10.5. The molecule has 128 valence electrons. The molecule has 0 aliphatic heterocycles. The van der Waals surface area contributed by atoms with Crippen LogP contribution in [0.3, 0.4) is 0 Å².